The molecule has 0 aliphatic carbocycles. The smallest absolute Gasteiger partial charge is 0.460 e. The molecule has 0 saturated carbocycles. The summed E-state index contributed by atoms with van der Waals surface area (Å²) in [6.07, 6.45) is -7.88. The van der Waals surface area contributed by atoms with Gasteiger partial charge in [-0.1, -0.05) is 6.07 Å². The van der Waals surface area contributed by atoms with Crippen molar-refractivity contribution in [2.24, 2.45) is 0 Å². The summed E-state index contributed by atoms with van der Waals surface area (Å²) >= 11 is 0. The van der Waals surface area contributed by atoms with Gasteiger partial charge in [-0.15, -0.1) is 0 Å². The molecule has 0 radical (unpaired) electrons. The van der Waals surface area contributed by atoms with Crippen LogP contribution < -0.4 is 4.74 Å². The summed E-state index contributed by atoms with van der Waals surface area (Å²) in [7, 11) is 0. The first kappa shape index (κ1) is 33.5. The highest BCUT2D eigenvalue weighted by molar-refractivity contribution is 5.98. The van der Waals surface area contributed by atoms with E-state index in [-0.39, 0.29) is 12.1 Å². The molecule has 1 rings (SSSR count). The fraction of sp³-hybridized carbons (Fsp3) is 0.412. The van der Waals surface area contributed by atoms with E-state index in [9.17, 15) is 84.2 Å². The van der Waals surface area contributed by atoms with Gasteiger partial charge in [0.25, 0.3) is 0 Å². The van der Waals surface area contributed by atoms with Crippen LogP contribution in [0.4, 0.5) is 74.6 Å². The molecule has 222 valence electrons. The molecule has 22 heteroatoms. The van der Waals surface area contributed by atoms with Crippen LogP contribution in [-0.2, 0) is 0 Å². The van der Waals surface area contributed by atoms with Gasteiger partial charge in [0.15, 0.2) is 5.75 Å². The molecule has 0 aromatic heterocycles. The topological polar surface area (TPSA) is 83.8 Å². The summed E-state index contributed by atoms with van der Waals surface area (Å²) in [5, 5.41) is 17.7. The average molecular weight is 612 g/mol. The third kappa shape index (κ3) is 4.87. The van der Waals surface area contributed by atoms with Crippen molar-refractivity contribution in [2.75, 3.05) is 0 Å². The molecule has 1 aromatic carbocycles. The van der Waals surface area contributed by atoms with E-state index in [0.717, 1.165) is 0 Å². The van der Waals surface area contributed by atoms with Crippen LogP contribution in [0.2, 0.25) is 0 Å². The number of aromatic carboxylic acids is 2. The van der Waals surface area contributed by atoms with E-state index in [1.807, 2.05) is 0 Å². The Labute approximate surface area is 201 Å². The van der Waals surface area contributed by atoms with Crippen LogP contribution in [0.3, 0.4) is 0 Å². The standard InChI is InChI=1S/C17H5F17O5/c18-7(8(19)39-6-4(9(35)36)2-1-3-5(6)10(37)38)11(20,21)12(22,23)13(24,25)14(26,27)15(28,29)16(30,31)17(32,33)34/h1-3H,(H,35,36)(H,37,38). The van der Waals surface area contributed by atoms with Crippen LogP contribution in [0.1, 0.15) is 20.7 Å². The van der Waals surface area contributed by atoms with Crippen LogP contribution in [0, 0.1) is 0 Å². The fourth-order valence-corrected chi connectivity index (χ4v) is 2.35. The lowest BCUT2D eigenvalue weighted by Gasteiger charge is -2.41. The molecule has 0 unspecified atom stereocenters. The molecule has 2 N–H and O–H groups in total. The zero-order valence-corrected chi connectivity index (χ0v) is 17.3. The maximum absolute atomic E-state index is 13.9. The van der Waals surface area contributed by atoms with Gasteiger partial charge in [0, 0.05) is 0 Å². The van der Waals surface area contributed by atoms with Gasteiger partial charge >= 0.3 is 59.7 Å². The second kappa shape index (κ2) is 9.61. The van der Waals surface area contributed by atoms with Crippen molar-refractivity contribution in [1.82, 2.24) is 0 Å². The van der Waals surface area contributed by atoms with Gasteiger partial charge in [-0.3, -0.25) is 0 Å². The Morgan fingerprint density at radius 3 is 1.26 bits per heavy atom. The molecule has 39 heavy (non-hydrogen) atoms. The number of hydrogen-bond acceptors (Lipinski definition) is 3. The number of para-hydroxylation sites is 1. The predicted molar refractivity (Wildman–Crippen MR) is 86.0 cm³/mol. The molecule has 0 bridgehead atoms. The van der Waals surface area contributed by atoms with Crippen molar-refractivity contribution in [3.8, 4) is 5.75 Å². The Bertz CT molecular complexity index is 1140. The zero-order chi connectivity index (χ0) is 31.4. The summed E-state index contributed by atoms with van der Waals surface area (Å²) in [4.78, 5) is 22.0. The van der Waals surface area contributed by atoms with Crippen LogP contribution in [0.15, 0.2) is 30.0 Å². The molecular weight excluding hydrogens is 607 g/mol. The van der Waals surface area contributed by atoms with E-state index in [4.69, 9.17) is 10.2 Å². The van der Waals surface area contributed by atoms with Crippen molar-refractivity contribution in [3.63, 3.8) is 0 Å². The van der Waals surface area contributed by atoms with Crippen molar-refractivity contribution >= 4 is 11.9 Å². The third-order valence-electron chi connectivity index (χ3n) is 4.44. The predicted octanol–water partition coefficient (Wildman–Crippen LogP) is 6.94. The van der Waals surface area contributed by atoms with Gasteiger partial charge < -0.3 is 14.9 Å². The van der Waals surface area contributed by atoms with E-state index in [2.05, 4.69) is 4.74 Å². The van der Waals surface area contributed by atoms with Crippen molar-refractivity contribution in [2.45, 2.75) is 41.7 Å². The molecule has 0 fully saturated rings. The highest BCUT2D eigenvalue weighted by Gasteiger charge is 2.93. The Balaban J connectivity index is 3.78. The SMILES string of the molecule is O=C(O)c1cccc(C(=O)O)c1OC(F)=C(F)C(F)(F)C(F)(F)C(F)(F)C(F)(F)C(F)(F)C(F)(F)C(F)(F)F. The van der Waals surface area contributed by atoms with Crippen LogP contribution >= 0.6 is 0 Å². The summed E-state index contributed by atoms with van der Waals surface area (Å²) in [6.45, 7) is 0. The molecule has 0 aliphatic rings. The number of rotatable bonds is 10. The van der Waals surface area contributed by atoms with E-state index in [1.165, 1.54) is 0 Å². The Morgan fingerprint density at radius 2 is 0.923 bits per heavy atom. The minimum atomic E-state index is -8.78. The van der Waals surface area contributed by atoms with Gasteiger partial charge in [-0.2, -0.15) is 74.6 Å². The lowest BCUT2D eigenvalue weighted by molar-refractivity contribution is -0.451. The summed E-state index contributed by atoms with van der Waals surface area (Å²) in [5.41, 5.74) is -3.14. The molecule has 5 nitrogen and oxygen atoms in total. The maximum atomic E-state index is 13.9. The number of halogens is 17. The Morgan fingerprint density at radius 1 is 0.590 bits per heavy atom. The fourth-order valence-electron chi connectivity index (χ4n) is 2.35. The van der Waals surface area contributed by atoms with Gasteiger partial charge in [0.1, 0.15) is 11.1 Å². The monoisotopic (exact) mass is 612 g/mol. The van der Waals surface area contributed by atoms with Crippen molar-refractivity contribution in [3.05, 3.63) is 41.2 Å². The number of carboxylic acid groups (broad SMARTS) is 2. The number of alkyl halides is 15. The van der Waals surface area contributed by atoms with Crippen LogP contribution in [0.25, 0.3) is 0 Å². The van der Waals surface area contributed by atoms with Crippen molar-refractivity contribution < 1.29 is 99.2 Å². The van der Waals surface area contributed by atoms with E-state index in [1.54, 1.807) is 0 Å². The molecule has 0 saturated heterocycles. The normalized spacial score (nSPS) is 15.1. The number of benzene rings is 1. The first-order valence-corrected chi connectivity index (χ1v) is 8.72. The lowest BCUT2D eigenvalue weighted by Crippen LogP contribution is -2.72. The lowest BCUT2D eigenvalue weighted by atomic mass is 9.91. The molecule has 0 aliphatic heterocycles. The minimum absolute atomic E-state index is 0.277. The Hall–Kier alpha value is -3.49. The largest absolute Gasteiger partial charge is 0.478 e. The number of carboxylic acids is 2. The highest BCUT2D eigenvalue weighted by Crippen LogP contribution is 2.63. The Kier molecular flexibility index (Phi) is 8.26. The first-order chi connectivity index (χ1) is 17.1. The van der Waals surface area contributed by atoms with Gasteiger partial charge in [0.05, 0.1) is 0 Å². The third-order valence-corrected chi connectivity index (χ3v) is 4.44. The number of ether oxygens (including phenoxy) is 1. The van der Waals surface area contributed by atoms with Gasteiger partial charge in [-0.25, -0.2) is 9.59 Å². The second-order valence-corrected chi connectivity index (χ2v) is 6.93. The zero-order valence-electron chi connectivity index (χ0n) is 17.3. The average Bonchev–Trinajstić information content (AvgIpc) is 2.76. The highest BCUT2D eigenvalue weighted by atomic mass is 19.4. The maximum Gasteiger partial charge on any atom is 0.460 e. The first-order valence-electron chi connectivity index (χ1n) is 8.72. The van der Waals surface area contributed by atoms with E-state index >= 15 is 0 Å². The molecule has 1 aromatic rings. The molecular formula is C17H5F17O5. The summed E-state index contributed by atoms with van der Waals surface area (Å²) in [6, 6.07) is -2.89. The van der Waals surface area contributed by atoms with Gasteiger partial charge in [-0.05, 0) is 12.1 Å². The van der Waals surface area contributed by atoms with E-state index < -0.39 is 82.4 Å². The number of hydrogen-bond donors (Lipinski definition) is 2. The number of carbonyl (C=O) groups is 2. The van der Waals surface area contributed by atoms with Gasteiger partial charge in [0.2, 0.25) is 5.83 Å². The number of allylic oxidation sites excluding steroid dienone is 1. The summed E-state index contributed by atoms with van der Waals surface area (Å²) < 4.78 is 228. The molecule has 0 amide bonds. The van der Waals surface area contributed by atoms with E-state index in [0.29, 0.717) is 6.07 Å². The quantitative estimate of drug-likeness (QED) is 0.221. The summed E-state index contributed by atoms with van der Waals surface area (Å²) in [5.74, 6) is -62.2. The second-order valence-electron chi connectivity index (χ2n) is 6.93. The minimum Gasteiger partial charge on any atom is -0.478 e. The molecule has 0 spiro atoms. The molecule has 0 atom stereocenters. The van der Waals surface area contributed by atoms with Crippen LogP contribution in [-0.4, -0.2) is 63.9 Å². The van der Waals surface area contributed by atoms with Crippen molar-refractivity contribution in [1.29, 1.82) is 0 Å². The molecule has 0 heterocycles. The van der Waals surface area contributed by atoms with Crippen LogP contribution in [0.5, 0.6) is 5.75 Å².